The minimum absolute atomic E-state index is 0.246. The van der Waals surface area contributed by atoms with Crippen LogP contribution in [0.15, 0.2) is 17.5 Å². The molecule has 0 radical (unpaired) electrons. The van der Waals surface area contributed by atoms with Crippen LogP contribution in [0.25, 0.3) is 0 Å². The quantitative estimate of drug-likeness (QED) is 0.842. The zero-order chi connectivity index (χ0) is 15.2. The molecule has 0 bridgehead atoms. The highest BCUT2D eigenvalue weighted by atomic mass is 32.1. The predicted molar refractivity (Wildman–Crippen MR) is 79.4 cm³/mol. The molecule has 0 fully saturated rings. The van der Waals surface area contributed by atoms with Crippen LogP contribution >= 0.6 is 11.3 Å². The molecule has 0 aliphatic carbocycles. The van der Waals surface area contributed by atoms with Crippen molar-refractivity contribution in [3.8, 4) is 6.07 Å². The molecule has 2 N–H and O–H groups in total. The lowest BCUT2D eigenvalue weighted by molar-refractivity contribution is 0.0939. The largest absolute Gasteiger partial charge is 0.330 e. The summed E-state index contributed by atoms with van der Waals surface area (Å²) in [5.41, 5.74) is 3.74. The van der Waals surface area contributed by atoms with Crippen molar-refractivity contribution in [1.82, 2.24) is 20.4 Å². The lowest BCUT2D eigenvalue weighted by Crippen LogP contribution is -2.28. The Hall–Kier alpha value is -2.40. The van der Waals surface area contributed by atoms with Crippen LogP contribution in [0.5, 0.6) is 0 Å². The average molecular weight is 304 g/mol. The van der Waals surface area contributed by atoms with E-state index in [1.807, 2.05) is 31.4 Å². The number of rotatable bonds is 6. The molecule has 8 heteroatoms. The number of nitrogens with one attached hydrogen (secondary N) is 2. The number of aromatic nitrogens is 3. The first kappa shape index (κ1) is 15.0. The molecule has 0 aliphatic rings. The van der Waals surface area contributed by atoms with Crippen LogP contribution in [0.4, 0.5) is 0 Å². The van der Waals surface area contributed by atoms with E-state index in [0.29, 0.717) is 18.7 Å². The molecule has 110 valence electrons. The lowest BCUT2D eigenvalue weighted by atomic mass is 10.2. The summed E-state index contributed by atoms with van der Waals surface area (Å²) < 4.78 is 0. The molecule has 7 nitrogen and oxygen atoms in total. The second-order valence-corrected chi connectivity index (χ2v) is 5.18. The first-order chi connectivity index (χ1) is 10.2. The number of carbonyl (C=O) groups excluding carboxylic acids is 1. The van der Waals surface area contributed by atoms with Crippen LogP contribution in [0.1, 0.15) is 40.9 Å². The van der Waals surface area contributed by atoms with Crippen molar-refractivity contribution in [1.29, 1.82) is 5.26 Å². The first-order valence-corrected chi connectivity index (χ1v) is 7.51. The van der Waals surface area contributed by atoms with Gasteiger partial charge in [0, 0.05) is 11.4 Å². The third-order valence-electron chi connectivity index (χ3n) is 2.77. The number of hydrogen-bond donors (Lipinski definition) is 2. The summed E-state index contributed by atoms with van der Waals surface area (Å²) in [4.78, 5) is 14.4. The molecule has 0 saturated carbocycles. The van der Waals surface area contributed by atoms with Gasteiger partial charge in [0.15, 0.2) is 11.7 Å². The Morgan fingerprint density at radius 1 is 1.52 bits per heavy atom. The van der Waals surface area contributed by atoms with E-state index in [0.717, 1.165) is 4.88 Å². The molecular weight excluding hydrogens is 288 g/mol. The van der Waals surface area contributed by atoms with Crippen molar-refractivity contribution in [3.63, 3.8) is 0 Å². The van der Waals surface area contributed by atoms with Gasteiger partial charge >= 0.3 is 0 Å². The Morgan fingerprint density at radius 2 is 2.33 bits per heavy atom. The highest BCUT2D eigenvalue weighted by Gasteiger charge is 2.21. The van der Waals surface area contributed by atoms with E-state index in [4.69, 9.17) is 0 Å². The summed E-state index contributed by atoms with van der Waals surface area (Å²) in [5.74, 6) is -0.393. The maximum Gasteiger partial charge on any atom is 0.275 e. The zero-order valence-electron chi connectivity index (χ0n) is 11.8. The molecule has 2 rings (SSSR count). The van der Waals surface area contributed by atoms with Crippen molar-refractivity contribution >= 4 is 17.2 Å². The summed E-state index contributed by atoms with van der Waals surface area (Å²) in [5, 5.41) is 22.1. The zero-order valence-corrected chi connectivity index (χ0v) is 12.6. The Labute approximate surface area is 126 Å². The molecule has 21 heavy (non-hydrogen) atoms. The van der Waals surface area contributed by atoms with E-state index >= 15 is 0 Å². The van der Waals surface area contributed by atoms with Crippen LogP contribution < -0.4 is 10.7 Å². The second-order valence-electron chi connectivity index (χ2n) is 4.20. The molecule has 0 aliphatic heterocycles. The number of aryl methyl sites for hydroxylation is 1. The van der Waals surface area contributed by atoms with Crippen molar-refractivity contribution in [2.75, 3.05) is 12.0 Å². The average Bonchev–Trinajstić information content (AvgIpc) is 3.14. The van der Waals surface area contributed by atoms with Crippen LogP contribution in [0.3, 0.4) is 0 Å². The number of nitrogens with zero attached hydrogens (tertiary/aromatic N) is 4. The number of thiophene rings is 1. The number of hydrogen-bond acceptors (Lipinski definition) is 6. The summed E-state index contributed by atoms with van der Waals surface area (Å²) in [6.45, 7) is 4.46. The first-order valence-electron chi connectivity index (χ1n) is 6.63. The third-order valence-corrected chi connectivity index (χ3v) is 3.70. The predicted octanol–water partition coefficient (Wildman–Crippen LogP) is 1.46. The lowest BCUT2D eigenvalue weighted by Gasteiger charge is -2.08. The van der Waals surface area contributed by atoms with Gasteiger partial charge in [0.1, 0.15) is 0 Å². The number of nitriles is 1. The second kappa shape index (κ2) is 6.85. The SMILES string of the molecule is CCNn1nc(CC)c(C(=O)NC(C#N)c2cccs2)n1. The van der Waals surface area contributed by atoms with Gasteiger partial charge in [0.25, 0.3) is 5.91 Å². The molecule has 2 heterocycles. The van der Waals surface area contributed by atoms with E-state index in [2.05, 4.69) is 27.0 Å². The van der Waals surface area contributed by atoms with Crippen molar-refractivity contribution in [3.05, 3.63) is 33.8 Å². The summed E-state index contributed by atoms with van der Waals surface area (Å²) in [7, 11) is 0. The highest BCUT2D eigenvalue weighted by molar-refractivity contribution is 7.10. The smallest absolute Gasteiger partial charge is 0.275 e. The standard InChI is InChI=1S/C13H16N6OS/c1-3-9-12(18-19(17-9)15-4-2)13(20)16-10(8-14)11-6-5-7-21-11/h5-7,10,15H,3-4H2,1-2H3,(H,16,20). The molecule has 1 amide bonds. The van der Waals surface area contributed by atoms with E-state index in [1.165, 1.54) is 16.2 Å². The van der Waals surface area contributed by atoms with Gasteiger partial charge in [-0.2, -0.15) is 5.26 Å². The molecule has 0 aromatic carbocycles. The molecule has 0 saturated heterocycles. The van der Waals surface area contributed by atoms with Gasteiger partial charge in [-0.25, -0.2) is 0 Å². The number of amides is 1. The molecule has 2 aromatic rings. The Balaban J connectivity index is 2.18. The molecule has 1 atom stereocenters. The fourth-order valence-corrected chi connectivity index (χ4v) is 2.50. The topological polar surface area (TPSA) is 95.6 Å². The monoisotopic (exact) mass is 304 g/mol. The fraction of sp³-hybridized carbons (Fsp3) is 0.385. The highest BCUT2D eigenvalue weighted by Crippen LogP contribution is 2.18. The molecule has 2 aromatic heterocycles. The summed E-state index contributed by atoms with van der Waals surface area (Å²) >= 11 is 1.43. The minimum Gasteiger partial charge on any atom is -0.330 e. The third kappa shape index (κ3) is 3.38. The van der Waals surface area contributed by atoms with Crippen LogP contribution in [-0.4, -0.2) is 27.6 Å². The van der Waals surface area contributed by atoms with Crippen LogP contribution in [0.2, 0.25) is 0 Å². The van der Waals surface area contributed by atoms with E-state index in [1.54, 1.807) is 0 Å². The van der Waals surface area contributed by atoms with Gasteiger partial charge in [-0.05, 0) is 24.8 Å². The van der Waals surface area contributed by atoms with E-state index in [-0.39, 0.29) is 5.69 Å². The Kier molecular flexibility index (Phi) is 4.90. The molecular formula is C13H16N6OS. The summed E-state index contributed by atoms with van der Waals surface area (Å²) in [6, 6.07) is 5.07. The van der Waals surface area contributed by atoms with Crippen LogP contribution in [-0.2, 0) is 6.42 Å². The Morgan fingerprint density at radius 3 is 2.90 bits per heavy atom. The maximum atomic E-state index is 12.3. The van der Waals surface area contributed by atoms with Gasteiger partial charge in [0.05, 0.1) is 11.8 Å². The van der Waals surface area contributed by atoms with Gasteiger partial charge in [-0.15, -0.1) is 21.5 Å². The fourth-order valence-electron chi connectivity index (χ4n) is 1.79. The van der Waals surface area contributed by atoms with E-state index in [9.17, 15) is 10.1 Å². The molecule has 0 spiro atoms. The van der Waals surface area contributed by atoms with Gasteiger partial charge in [-0.3, -0.25) is 10.2 Å². The van der Waals surface area contributed by atoms with Gasteiger partial charge < -0.3 is 5.32 Å². The van der Waals surface area contributed by atoms with Crippen molar-refractivity contribution < 1.29 is 4.79 Å². The van der Waals surface area contributed by atoms with Crippen molar-refractivity contribution in [2.45, 2.75) is 26.3 Å². The minimum atomic E-state index is -0.675. The van der Waals surface area contributed by atoms with Gasteiger partial charge in [0.2, 0.25) is 0 Å². The van der Waals surface area contributed by atoms with Crippen molar-refractivity contribution in [2.24, 2.45) is 0 Å². The number of carbonyl (C=O) groups is 1. The van der Waals surface area contributed by atoms with Gasteiger partial charge in [-0.1, -0.05) is 17.9 Å². The Bertz CT molecular complexity index is 642. The normalized spacial score (nSPS) is 11.7. The maximum absolute atomic E-state index is 12.3. The summed E-state index contributed by atoms with van der Waals surface area (Å²) in [6.07, 6.45) is 0.588. The van der Waals surface area contributed by atoms with E-state index < -0.39 is 11.9 Å². The molecule has 1 unspecified atom stereocenters. The van der Waals surface area contributed by atoms with Crippen LogP contribution in [0, 0.1) is 11.3 Å².